The van der Waals surface area contributed by atoms with Crippen molar-refractivity contribution < 1.29 is 27.4 Å². The van der Waals surface area contributed by atoms with Crippen molar-refractivity contribution in [2.45, 2.75) is 31.5 Å². The van der Waals surface area contributed by atoms with Crippen LogP contribution in [0.25, 0.3) is 0 Å². The first-order valence-electron chi connectivity index (χ1n) is 9.90. The molecule has 0 atom stereocenters. The summed E-state index contributed by atoms with van der Waals surface area (Å²) in [6, 6.07) is 5.61. The Bertz CT molecular complexity index is 830. The molecule has 1 aromatic carbocycles. The van der Waals surface area contributed by atoms with E-state index in [0.717, 1.165) is 11.9 Å². The summed E-state index contributed by atoms with van der Waals surface area (Å²) >= 11 is 0. The van der Waals surface area contributed by atoms with Gasteiger partial charge in [0.15, 0.2) is 0 Å². The lowest BCUT2D eigenvalue weighted by atomic mass is 9.95. The molecular weight excluding hydrogens is 399 g/mol. The van der Waals surface area contributed by atoms with E-state index in [1.807, 2.05) is 0 Å². The van der Waals surface area contributed by atoms with E-state index in [1.165, 1.54) is 12.1 Å². The summed E-state index contributed by atoms with van der Waals surface area (Å²) in [6.45, 7) is 2.09. The molecular formula is C21H26F3N3O3. The zero-order chi connectivity index (χ0) is 21.6. The van der Waals surface area contributed by atoms with Crippen LogP contribution in [0.2, 0.25) is 0 Å². The molecule has 0 spiro atoms. The highest BCUT2D eigenvalue weighted by molar-refractivity contribution is 5.77. The number of ether oxygens (including phenoxy) is 2. The Morgan fingerprint density at radius 1 is 1.20 bits per heavy atom. The second kappa shape index (κ2) is 10.1. The topological polar surface area (TPSA) is 56.6 Å². The number of imidazole rings is 1. The average Bonchev–Trinajstić information content (AvgIpc) is 3.19. The maximum absolute atomic E-state index is 13.3. The molecule has 0 saturated carbocycles. The van der Waals surface area contributed by atoms with Gasteiger partial charge in [-0.1, -0.05) is 18.2 Å². The van der Waals surface area contributed by atoms with Crippen LogP contribution >= 0.6 is 0 Å². The zero-order valence-corrected chi connectivity index (χ0v) is 16.9. The lowest BCUT2D eigenvalue weighted by molar-refractivity contribution is -0.138. The molecule has 0 unspecified atom stereocenters. The summed E-state index contributed by atoms with van der Waals surface area (Å²) in [5, 5.41) is 0. The second-order valence-corrected chi connectivity index (χ2v) is 7.27. The number of aromatic nitrogens is 2. The van der Waals surface area contributed by atoms with Gasteiger partial charge in [0.25, 0.3) is 0 Å². The molecule has 0 N–H and O–H groups in total. The summed E-state index contributed by atoms with van der Waals surface area (Å²) in [7, 11) is 1.57. The van der Waals surface area contributed by atoms with Crippen LogP contribution in [0.3, 0.4) is 0 Å². The van der Waals surface area contributed by atoms with Gasteiger partial charge < -0.3 is 18.9 Å². The van der Waals surface area contributed by atoms with Gasteiger partial charge in [0, 0.05) is 45.1 Å². The minimum atomic E-state index is -4.39. The predicted octanol–water partition coefficient (Wildman–Crippen LogP) is 3.32. The van der Waals surface area contributed by atoms with Crippen molar-refractivity contribution >= 4 is 5.91 Å². The normalized spacial score (nSPS) is 15.5. The number of hydrogen-bond donors (Lipinski definition) is 0. The Morgan fingerprint density at radius 3 is 2.63 bits per heavy atom. The molecule has 1 aliphatic heterocycles. The van der Waals surface area contributed by atoms with Crippen LogP contribution in [-0.2, 0) is 27.0 Å². The number of halogens is 3. The highest BCUT2D eigenvalue weighted by Crippen LogP contribution is 2.33. The van der Waals surface area contributed by atoms with Gasteiger partial charge in [0.05, 0.1) is 18.8 Å². The molecule has 1 aromatic heterocycles. The van der Waals surface area contributed by atoms with Gasteiger partial charge in [0.1, 0.15) is 12.4 Å². The third-order valence-electron chi connectivity index (χ3n) is 5.28. The van der Waals surface area contributed by atoms with Crippen molar-refractivity contribution in [1.82, 2.24) is 14.5 Å². The number of piperidine rings is 1. The van der Waals surface area contributed by atoms with E-state index in [-0.39, 0.29) is 30.5 Å². The van der Waals surface area contributed by atoms with Crippen LogP contribution in [-0.4, -0.2) is 60.4 Å². The molecule has 3 rings (SSSR count). The second-order valence-electron chi connectivity index (χ2n) is 7.27. The summed E-state index contributed by atoms with van der Waals surface area (Å²) in [5.41, 5.74) is -0.413. The molecule has 2 heterocycles. The number of alkyl halides is 3. The molecule has 0 bridgehead atoms. The number of benzene rings is 1. The van der Waals surface area contributed by atoms with Gasteiger partial charge in [-0.3, -0.25) is 4.79 Å². The molecule has 0 radical (unpaired) electrons. The molecule has 1 aliphatic rings. The van der Waals surface area contributed by atoms with Gasteiger partial charge in [-0.25, -0.2) is 4.98 Å². The molecule has 1 saturated heterocycles. The van der Waals surface area contributed by atoms with Crippen molar-refractivity contribution in [2.75, 3.05) is 40.0 Å². The van der Waals surface area contributed by atoms with E-state index >= 15 is 0 Å². The number of nitrogens with zero attached hydrogens (tertiary/aromatic N) is 3. The Balaban J connectivity index is 1.60. The van der Waals surface area contributed by atoms with Crippen LogP contribution in [0.5, 0.6) is 0 Å². The van der Waals surface area contributed by atoms with Gasteiger partial charge in [-0.05, 0) is 24.5 Å². The summed E-state index contributed by atoms with van der Waals surface area (Å²) in [5.74, 6) is 0.791. The first kappa shape index (κ1) is 22.3. The van der Waals surface area contributed by atoms with E-state index in [2.05, 4.69) is 4.98 Å². The first-order valence-corrected chi connectivity index (χ1v) is 9.90. The molecule has 30 heavy (non-hydrogen) atoms. The van der Waals surface area contributed by atoms with Gasteiger partial charge in [-0.2, -0.15) is 13.2 Å². The Morgan fingerprint density at radius 2 is 1.93 bits per heavy atom. The third-order valence-corrected chi connectivity index (χ3v) is 5.28. The van der Waals surface area contributed by atoms with Crippen LogP contribution in [0.4, 0.5) is 13.2 Å². The van der Waals surface area contributed by atoms with E-state index in [4.69, 9.17) is 9.47 Å². The van der Waals surface area contributed by atoms with Crippen LogP contribution < -0.4 is 0 Å². The van der Waals surface area contributed by atoms with E-state index < -0.39 is 11.7 Å². The van der Waals surface area contributed by atoms with Crippen molar-refractivity contribution in [3.05, 3.63) is 53.6 Å². The monoisotopic (exact) mass is 425 g/mol. The molecule has 0 aliphatic carbocycles. The largest absolute Gasteiger partial charge is 0.416 e. The van der Waals surface area contributed by atoms with E-state index in [0.29, 0.717) is 39.1 Å². The molecule has 1 amide bonds. The standard InChI is InChI=1S/C21H26F3N3O3/c1-29-12-13-30-15-19(28)26-9-6-16(7-10-26)20-25-8-11-27(20)14-17-4-2-3-5-18(17)21(22,23)24/h2-5,8,11,16H,6-7,9-10,12-15H2,1H3. The fourth-order valence-corrected chi connectivity index (χ4v) is 3.71. The van der Waals surface area contributed by atoms with Gasteiger partial charge >= 0.3 is 6.18 Å². The number of amides is 1. The van der Waals surface area contributed by atoms with Crippen molar-refractivity contribution in [2.24, 2.45) is 0 Å². The predicted molar refractivity (Wildman–Crippen MR) is 104 cm³/mol. The molecule has 1 fully saturated rings. The number of hydrogen-bond acceptors (Lipinski definition) is 4. The zero-order valence-electron chi connectivity index (χ0n) is 16.9. The van der Waals surface area contributed by atoms with Crippen molar-refractivity contribution in [3.63, 3.8) is 0 Å². The maximum atomic E-state index is 13.3. The average molecular weight is 425 g/mol. The third kappa shape index (κ3) is 5.60. The minimum absolute atomic E-state index is 0.0247. The highest BCUT2D eigenvalue weighted by Gasteiger charge is 2.33. The van der Waals surface area contributed by atoms with E-state index in [1.54, 1.807) is 35.0 Å². The SMILES string of the molecule is COCCOCC(=O)N1CCC(c2nccn2Cc2ccccc2C(F)(F)F)CC1. The summed E-state index contributed by atoms with van der Waals surface area (Å²) in [4.78, 5) is 18.4. The maximum Gasteiger partial charge on any atom is 0.416 e. The van der Waals surface area contributed by atoms with Crippen molar-refractivity contribution in [3.8, 4) is 0 Å². The van der Waals surface area contributed by atoms with Crippen molar-refractivity contribution in [1.29, 1.82) is 0 Å². The number of likely N-dealkylation sites (tertiary alicyclic amines) is 1. The lowest BCUT2D eigenvalue weighted by Crippen LogP contribution is -2.40. The Hall–Kier alpha value is -2.39. The highest BCUT2D eigenvalue weighted by atomic mass is 19.4. The number of carbonyl (C=O) groups is 1. The minimum Gasteiger partial charge on any atom is -0.382 e. The molecule has 9 heteroatoms. The number of carbonyl (C=O) groups excluding carboxylic acids is 1. The van der Waals surface area contributed by atoms with Crippen LogP contribution in [0.1, 0.15) is 35.7 Å². The molecule has 6 nitrogen and oxygen atoms in total. The lowest BCUT2D eigenvalue weighted by Gasteiger charge is -2.32. The first-order chi connectivity index (χ1) is 14.4. The Labute approximate surface area is 173 Å². The number of rotatable bonds is 8. The smallest absolute Gasteiger partial charge is 0.382 e. The fraction of sp³-hybridized carbons (Fsp3) is 0.524. The number of methoxy groups -OCH3 is 1. The van der Waals surface area contributed by atoms with Gasteiger partial charge in [0.2, 0.25) is 5.91 Å². The Kier molecular flexibility index (Phi) is 7.49. The molecule has 2 aromatic rings. The molecule has 164 valence electrons. The fourth-order valence-electron chi connectivity index (χ4n) is 3.71. The summed E-state index contributed by atoms with van der Waals surface area (Å²) < 4.78 is 51.9. The van der Waals surface area contributed by atoms with Gasteiger partial charge in [-0.15, -0.1) is 0 Å². The quantitative estimate of drug-likeness (QED) is 0.609. The summed E-state index contributed by atoms with van der Waals surface area (Å²) in [6.07, 6.45) is 0.355. The van der Waals surface area contributed by atoms with E-state index in [9.17, 15) is 18.0 Å². The van der Waals surface area contributed by atoms with Crippen LogP contribution in [0, 0.1) is 0 Å². The van der Waals surface area contributed by atoms with Crippen LogP contribution in [0.15, 0.2) is 36.7 Å².